The molecular weight excluding hydrogens is 586 g/mol. The Morgan fingerprint density at radius 3 is 2.56 bits per heavy atom. The number of carboxylic acid groups (broad SMARTS) is 1. The molecule has 0 fully saturated rings. The number of aromatic nitrogens is 3. The minimum Gasteiger partial charge on any atom is -0.481 e. The largest absolute Gasteiger partial charge is 0.481 e. The van der Waals surface area contributed by atoms with Crippen LogP contribution in [0.1, 0.15) is 40.8 Å². The monoisotopic (exact) mass is 612 g/mol. The fourth-order valence-electron chi connectivity index (χ4n) is 5.82. The highest BCUT2D eigenvalue weighted by molar-refractivity contribution is 5.86. The second-order valence-corrected chi connectivity index (χ2v) is 10.9. The molecule has 2 aromatic heterocycles. The maximum atomic E-state index is 15.8. The van der Waals surface area contributed by atoms with E-state index >= 15 is 8.78 Å². The number of benzene rings is 3. The Bertz CT molecular complexity index is 2170. The van der Waals surface area contributed by atoms with Gasteiger partial charge in [0, 0.05) is 29.9 Å². The third-order valence-electron chi connectivity index (χ3n) is 7.98. The van der Waals surface area contributed by atoms with Crippen LogP contribution in [-0.2, 0) is 16.6 Å². The van der Waals surface area contributed by atoms with E-state index in [-0.39, 0.29) is 27.8 Å². The number of hydrogen-bond donors (Lipinski definition) is 2. The van der Waals surface area contributed by atoms with Crippen molar-refractivity contribution in [2.24, 2.45) is 7.05 Å². The Labute approximate surface area is 254 Å². The van der Waals surface area contributed by atoms with Gasteiger partial charge in [0.15, 0.2) is 0 Å². The molecule has 0 aliphatic carbocycles. The molecule has 4 bridgehead atoms. The summed E-state index contributed by atoms with van der Waals surface area (Å²) in [6, 6.07) is 9.76. The van der Waals surface area contributed by atoms with Crippen LogP contribution in [0.3, 0.4) is 0 Å². The lowest BCUT2D eigenvalue weighted by Crippen LogP contribution is -2.48. The number of pyridine rings is 1. The van der Waals surface area contributed by atoms with E-state index in [1.165, 1.54) is 50.6 Å². The quantitative estimate of drug-likeness (QED) is 0.302. The van der Waals surface area contributed by atoms with E-state index in [0.29, 0.717) is 21.4 Å². The van der Waals surface area contributed by atoms with Gasteiger partial charge < -0.3 is 15.2 Å². The van der Waals surface area contributed by atoms with Gasteiger partial charge in [0.2, 0.25) is 5.91 Å². The summed E-state index contributed by atoms with van der Waals surface area (Å²) in [5.74, 6) is -3.76. The topological polar surface area (TPSA) is 133 Å². The molecule has 5 aromatic rings. The molecule has 1 aliphatic heterocycles. The Balaban J connectivity index is 1.70. The van der Waals surface area contributed by atoms with Crippen molar-refractivity contribution < 1.29 is 28.2 Å². The number of carbonyl (C=O) groups is 2. The maximum Gasteiger partial charge on any atom is 0.332 e. The lowest BCUT2D eigenvalue weighted by atomic mass is 9.92. The van der Waals surface area contributed by atoms with Crippen LogP contribution in [0.2, 0.25) is 0 Å². The normalized spacial score (nSPS) is 16.1. The van der Waals surface area contributed by atoms with Gasteiger partial charge in [-0.05, 0) is 73.0 Å². The number of rotatable bonds is 3. The van der Waals surface area contributed by atoms with Crippen molar-refractivity contribution in [3.05, 3.63) is 122 Å². The number of amides is 1. The lowest BCUT2D eigenvalue weighted by molar-refractivity contribution is -0.137. The molecule has 6 rings (SSSR count). The first-order valence-electron chi connectivity index (χ1n) is 13.9. The van der Waals surface area contributed by atoms with E-state index in [9.17, 15) is 24.3 Å². The Morgan fingerprint density at radius 1 is 1.02 bits per heavy atom. The number of hydrogen-bond acceptors (Lipinski definition) is 6. The summed E-state index contributed by atoms with van der Waals surface area (Å²) in [4.78, 5) is 57.7. The van der Waals surface area contributed by atoms with E-state index < -0.39 is 58.8 Å². The van der Waals surface area contributed by atoms with Gasteiger partial charge in [0.05, 0.1) is 29.6 Å². The van der Waals surface area contributed by atoms with Crippen molar-refractivity contribution in [1.29, 1.82) is 0 Å². The molecule has 0 radical (unpaired) electrons. The van der Waals surface area contributed by atoms with Gasteiger partial charge in [-0.3, -0.25) is 23.9 Å². The summed E-state index contributed by atoms with van der Waals surface area (Å²) in [7, 11) is 1.37. The van der Waals surface area contributed by atoms with E-state index in [4.69, 9.17) is 4.74 Å². The van der Waals surface area contributed by atoms with E-state index in [1.54, 1.807) is 18.2 Å². The molecular formula is C33H26F2N4O6. The molecule has 10 nitrogen and oxygen atoms in total. The fraction of sp³-hybridized carbons (Fsp3) is 0.182. The molecule has 45 heavy (non-hydrogen) atoms. The van der Waals surface area contributed by atoms with E-state index in [2.05, 4.69) is 10.3 Å². The summed E-state index contributed by atoms with van der Waals surface area (Å²) < 4.78 is 39.4. The Hall–Kier alpha value is -5.65. The molecule has 3 aromatic carbocycles. The van der Waals surface area contributed by atoms with E-state index in [0.717, 1.165) is 16.2 Å². The van der Waals surface area contributed by atoms with Crippen molar-refractivity contribution in [3.63, 3.8) is 0 Å². The maximum absolute atomic E-state index is 15.8. The Kier molecular flexibility index (Phi) is 7.27. The van der Waals surface area contributed by atoms with Crippen LogP contribution in [0.25, 0.3) is 22.0 Å². The Morgan fingerprint density at radius 2 is 1.80 bits per heavy atom. The highest BCUT2D eigenvalue weighted by Gasteiger charge is 2.34. The predicted octanol–water partition coefficient (Wildman–Crippen LogP) is 4.68. The third-order valence-corrected chi connectivity index (χ3v) is 7.98. The van der Waals surface area contributed by atoms with Crippen LogP contribution in [-0.4, -0.2) is 31.1 Å². The lowest BCUT2D eigenvalue weighted by Gasteiger charge is -2.25. The van der Waals surface area contributed by atoms with Crippen molar-refractivity contribution in [3.8, 4) is 22.6 Å². The standard InChI is InChI=1S/C33H26F2N4O6/c1-16-5-4-6-26-28(16)18-11-17(2)29(35)22(12-18)24(14-27(40)41)37-31(42)30(21-13-19(45-26)7-8-23(21)34)39-32(43)20-9-10-36-15-25(20)38(3)33(39)44/h4-13,15,24,30H,14H2,1-3H3,(H,37,42)(H,40,41). The smallest absolute Gasteiger partial charge is 0.332 e. The first-order chi connectivity index (χ1) is 21.5. The molecule has 0 saturated carbocycles. The number of nitrogens with zero attached hydrogens (tertiary/aromatic N) is 3. The molecule has 228 valence electrons. The molecule has 2 atom stereocenters. The number of aryl methyl sites for hydroxylation is 3. The number of ether oxygens (including phenoxy) is 1. The summed E-state index contributed by atoms with van der Waals surface area (Å²) in [6.07, 6.45) is 1.88. The predicted molar refractivity (Wildman–Crippen MR) is 160 cm³/mol. The average molecular weight is 613 g/mol. The number of fused-ring (bicyclic) bond motifs is 7. The number of carbonyl (C=O) groups excluding carboxylic acids is 1. The zero-order chi connectivity index (χ0) is 32.2. The molecule has 0 saturated heterocycles. The molecule has 0 spiro atoms. The van der Waals surface area contributed by atoms with Gasteiger partial charge in [-0.15, -0.1) is 0 Å². The van der Waals surface area contributed by atoms with Crippen molar-refractivity contribution >= 4 is 22.8 Å². The van der Waals surface area contributed by atoms with Crippen molar-refractivity contribution in [2.45, 2.75) is 32.4 Å². The van der Waals surface area contributed by atoms with Crippen LogP contribution in [0.15, 0.2) is 76.6 Å². The molecule has 1 amide bonds. The second-order valence-electron chi connectivity index (χ2n) is 10.9. The number of aliphatic carboxylic acids is 1. The van der Waals surface area contributed by atoms with Crippen LogP contribution in [0.5, 0.6) is 11.5 Å². The highest BCUT2D eigenvalue weighted by Crippen LogP contribution is 2.40. The van der Waals surface area contributed by atoms with Gasteiger partial charge in [0.1, 0.15) is 29.2 Å². The van der Waals surface area contributed by atoms with Gasteiger partial charge in [-0.2, -0.15) is 0 Å². The van der Waals surface area contributed by atoms with Crippen molar-refractivity contribution in [2.75, 3.05) is 0 Å². The molecule has 2 unspecified atom stereocenters. The first kappa shape index (κ1) is 29.4. The minimum absolute atomic E-state index is 0.0245. The van der Waals surface area contributed by atoms with Crippen LogP contribution >= 0.6 is 0 Å². The van der Waals surface area contributed by atoms with Gasteiger partial charge in [0.25, 0.3) is 5.56 Å². The van der Waals surface area contributed by atoms with E-state index in [1.807, 2.05) is 13.0 Å². The SMILES string of the molecule is Cc1cc2cc(c1F)C(CC(=O)O)NC(=O)C(n1c(=O)c3ccncc3n(C)c1=O)c1cc(ccc1F)Oc1cccc(C)c1-2. The molecule has 3 heterocycles. The number of carboxylic acids is 1. The van der Waals surface area contributed by atoms with Gasteiger partial charge in [-0.1, -0.05) is 12.1 Å². The zero-order valence-electron chi connectivity index (χ0n) is 24.3. The summed E-state index contributed by atoms with van der Waals surface area (Å²) in [6.45, 7) is 3.33. The van der Waals surface area contributed by atoms with Crippen LogP contribution < -0.4 is 21.3 Å². The zero-order valence-corrected chi connectivity index (χ0v) is 24.3. The highest BCUT2D eigenvalue weighted by atomic mass is 19.1. The van der Waals surface area contributed by atoms with Gasteiger partial charge >= 0.3 is 11.7 Å². The summed E-state index contributed by atoms with van der Waals surface area (Å²) >= 11 is 0. The summed E-state index contributed by atoms with van der Waals surface area (Å²) in [5.41, 5.74) is -0.261. The van der Waals surface area contributed by atoms with Crippen molar-refractivity contribution in [1.82, 2.24) is 19.4 Å². The number of halogens is 2. The first-order valence-corrected chi connectivity index (χ1v) is 13.9. The van der Waals surface area contributed by atoms with Crippen LogP contribution in [0, 0.1) is 25.5 Å². The fourth-order valence-corrected chi connectivity index (χ4v) is 5.82. The average Bonchev–Trinajstić information content (AvgIpc) is 3.00. The van der Waals surface area contributed by atoms with Gasteiger partial charge in [-0.25, -0.2) is 18.1 Å². The second kappa shape index (κ2) is 11.1. The molecule has 12 heteroatoms. The minimum atomic E-state index is -1.95. The molecule has 2 N–H and O–H groups in total. The number of nitrogens with one attached hydrogen (secondary N) is 1. The third kappa shape index (κ3) is 5.03. The molecule has 1 aliphatic rings. The summed E-state index contributed by atoms with van der Waals surface area (Å²) in [5, 5.41) is 12.3. The van der Waals surface area contributed by atoms with Crippen LogP contribution in [0.4, 0.5) is 8.78 Å².